The topological polar surface area (TPSA) is 92.3 Å². The van der Waals surface area contributed by atoms with Crippen LogP contribution in [0.1, 0.15) is 23.6 Å². The summed E-state index contributed by atoms with van der Waals surface area (Å²) in [5.74, 6) is -0.358. The Hall–Kier alpha value is -2.67. The van der Waals surface area contributed by atoms with Crippen molar-refractivity contribution in [1.82, 2.24) is 5.32 Å². The highest BCUT2D eigenvalue weighted by Gasteiger charge is 2.25. The van der Waals surface area contributed by atoms with E-state index in [-0.39, 0.29) is 35.6 Å². The number of carbonyl (C=O) groups excluding carboxylic acids is 2. The fraction of sp³-hybridized carbons (Fsp3) is 0.222. The Labute approximate surface area is 146 Å². The first-order valence-electron chi connectivity index (χ1n) is 7.80. The van der Waals surface area contributed by atoms with Gasteiger partial charge in [0.25, 0.3) is 0 Å². The zero-order valence-corrected chi connectivity index (χ0v) is 14.5. The van der Waals surface area contributed by atoms with Crippen molar-refractivity contribution in [3.63, 3.8) is 0 Å². The predicted octanol–water partition coefficient (Wildman–Crippen LogP) is 1.83. The van der Waals surface area contributed by atoms with E-state index >= 15 is 0 Å². The van der Waals surface area contributed by atoms with Gasteiger partial charge in [-0.15, -0.1) is 0 Å². The SMILES string of the molecule is CS(=O)(=O)c1ccc(CC(=O)NC2CC(=O)Nc3ccccc32)cc1. The van der Waals surface area contributed by atoms with E-state index in [1.807, 2.05) is 18.2 Å². The van der Waals surface area contributed by atoms with Crippen LogP contribution in [0.25, 0.3) is 0 Å². The Kier molecular flexibility index (Phi) is 4.59. The molecule has 1 aliphatic heterocycles. The Balaban J connectivity index is 1.70. The molecule has 1 aliphatic rings. The Morgan fingerprint density at radius 1 is 1.16 bits per heavy atom. The number of amides is 2. The summed E-state index contributed by atoms with van der Waals surface area (Å²) in [6.45, 7) is 0. The van der Waals surface area contributed by atoms with Gasteiger partial charge in [-0.1, -0.05) is 30.3 Å². The molecule has 2 aromatic rings. The molecule has 0 bridgehead atoms. The molecule has 2 N–H and O–H groups in total. The van der Waals surface area contributed by atoms with Gasteiger partial charge in [-0.2, -0.15) is 0 Å². The van der Waals surface area contributed by atoms with Gasteiger partial charge >= 0.3 is 0 Å². The summed E-state index contributed by atoms with van der Waals surface area (Å²) in [6, 6.07) is 13.2. The van der Waals surface area contributed by atoms with E-state index in [4.69, 9.17) is 0 Å². The summed E-state index contributed by atoms with van der Waals surface area (Å²) in [5, 5.41) is 5.67. The van der Waals surface area contributed by atoms with Gasteiger partial charge in [-0.05, 0) is 29.3 Å². The molecule has 7 heteroatoms. The van der Waals surface area contributed by atoms with Crippen molar-refractivity contribution in [3.05, 3.63) is 59.7 Å². The van der Waals surface area contributed by atoms with Crippen LogP contribution in [0.2, 0.25) is 0 Å². The van der Waals surface area contributed by atoms with Crippen molar-refractivity contribution >= 4 is 27.3 Å². The van der Waals surface area contributed by atoms with E-state index in [1.165, 1.54) is 12.1 Å². The largest absolute Gasteiger partial charge is 0.348 e. The quantitative estimate of drug-likeness (QED) is 0.872. The van der Waals surface area contributed by atoms with Crippen LogP contribution < -0.4 is 10.6 Å². The minimum absolute atomic E-state index is 0.115. The van der Waals surface area contributed by atoms with E-state index in [0.717, 1.165) is 11.8 Å². The van der Waals surface area contributed by atoms with Crippen LogP contribution in [0.4, 0.5) is 5.69 Å². The molecule has 3 rings (SSSR count). The molecule has 25 heavy (non-hydrogen) atoms. The van der Waals surface area contributed by atoms with Gasteiger partial charge in [0.1, 0.15) is 0 Å². The fourth-order valence-corrected chi connectivity index (χ4v) is 3.46. The van der Waals surface area contributed by atoms with Crippen molar-refractivity contribution in [2.45, 2.75) is 23.8 Å². The summed E-state index contributed by atoms with van der Waals surface area (Å²) in [7, 11) is -3.26. The second-order valence-corrected chi connectivity index (χ2v) is 8.07. The molecule has 6 nitrogen and oxygen atoms in total. The number of carbonyl (C=O) groups is 2. The standard InChI is InChI=1S/C18H18N2O4S/c1-25(23,24)13-8-6-12(7-9-13)10-17(21)20-16-11-18(22)19-15-5-3-2-4-14(15)16/h2-9,16H,10-11H2,1H3,(H,19,22)(H,20,21). The molecule has 2 amide bonds. The van der Waals surface area contributed by atoms with E-state index in [1.54, 1.807) is 18.2 Å². The first-order chi connectivity index (χ1) is 11.8. The number of benzene rings is 2. The van der Waals surface area contributed by atoms with Crippen LogP contribution in [-0.4, -0.2) is 26.5 Å². The van der Waals surface area contributed by atoms with E-state index in [0.29, 0.717) is 11.3 Å². The molecule has 130 valence electrons. The third-order valence-corrected chi connectivity index (χ3v) is 5.18. The zero-order chi connectivity index (χ0) is 18.0. The van der Waals surface area contributed by atoms with Crippen molar-refractivity contribution in [2.24, 2.45) is 0 Å². The third-order valence-electron chi connectivity index (χ3n) is 4.05. The molecular weight excluding hydrogens is 340 g/mol. The van der Waals surface area contributed by atoms with Crippen LogP contribution in [0.3, 0.4) is 0 Å². The van der Waals surface area contributed by atoms with Gasteiger partial charge in [0, 0.05) is 11.9 Å². The Morgan fingerprint density at radius 3 is 2.52 bits per heavy atom. The highest BCUT2D eigenvalue weighted by molar-refractivity contribution is 7.90. The summed E-state index contributed by atoms with van der Waals surface area (Å²) in [5.41, 5.74) is 2.29. The maximum absolute atomic E-state index is 12.3. The molecule has 0 spiro atoms. The van der Waals surface area contributed by atoms with E-state index < -0.39 is 9.84 Å². The highest BCUT2D eigenvalue weighted by Crippen LogP contribution is 2.29. The average Bonchev–Trinajstić information content (AvgIpc) is 2.54. The van der Waals surface area contributed by atoms with Gasteiger partial charge in [0.2, 0.25) is 11.8 Å². The number of para-hydroxylation sites is 1. The fourth-order valence-electron chi connectivity index (χ4n) is 2.83. The summed E-state index contributed by atoms with van der Waals surface area (Å²) in [4.78, 5) is 24.3. The lowest BCUT2D eigenvalue weighted by molar-refractivity contribution is -0.122. The molecule has 0 fully saturated rings. The molecule has 0 radical (unpaired) electrons. The van der Waals surface area contributed by atoms with Gasteiger partial charge < -0.3 is 10.6 Å². The monoisotopic (exact) mass is 358 g/mol. The Bertz CT molecular complexity index is 920. The number of fused-ring (bicyclic) bond motifs is 1. The number of anilines is 1. The van der Waals surface area contributed by atoms with E-state index in [9.17, 15) is 18.0 Å². The zero-order valence-electron chi connectivity index (χ0n) is 13.7. The second-order valence-electron chi connectivity index (χ2n) is 6.05. The van der Waals surface area contributed by atoms with Crippen molar-refractivity contribution in [3.8, 4) is 0 Å². The predicted molar refractivity (Wildman–Crippen MR) is 93.8 cm³/mol. The molecule has 0 saturated heterocycles. The maximum atomic E-state index is 12.3. The molecule has 0 aromatic heterocycles. The first kappa shape index (κ1) is 17.2. The smallest absolute Gasteiger partial charge is 0.226 e. The summed E-state index contributed by atoms with van der Waals surface area (Å²) >= 11 is 0. The second kappa shape index (κ2) is 6.68. The van der Waals surface area contributed by atoms with Crippen LogP contribution in [0, 0.1) is 0 Å². The summed E-state index contributed by atoms with van der Waals surface area (Å²) < 4.78 is 22.9. The average molecular weight is 358 g/mol. The lowest BCUT2D eigenvalue weighted by atomic mass is 9.97. The molecule has 1 atom stereocenters. The minimum Gasteiger partial charge on any atom is -0.348 e. The molecule has 2 aromatic carbocycles. The van der Waals surface area contributed by atoms with Crippen LogP contribution in [0.15, 0.2) is 53.4 Å². The van der Waals surface area contributed by atoms with Gasteiger partial charge in [0.15, 0.2) is 9.84 Å². The molecule has 0 aliphatic carbocycles. The lowest BCUT2D eigenvalue weighted by Crippen LogP contribution is -2.35. The lowest BCUT2D eigenvalue weighted by Gasteiger charge is -2.26. The van der Waals surface area contributed by atoms with Crippen LogP contribution in [0.5, 0.6) is 0 Å². The first-order valence-corrected chi connectivity index (χ1v) is 9.69. The Morgan fingerprint density at radius 2 is 1.84 bits per heavy atom. The molecule has 0 saturated carbocycles. The number of sulfone groups is 1. The number of hydrogen-bond donors (Lipinski definition) is 2. The van der Waals surface area contributed by atoms with Crippen molar-refractivity contribution < 1.29 is 18.0 Å². The third kappa shape index (κ3) is 4.06. The summed E-state index contributed by atoms with van der Waals surface area (Å²) in [6.07, 6.45) is 1.44. The molecular formula is C18H18N2O4S. The van der Waals surface area contributed by atoms with Crippen molar-refractivity contribution in [1.29, 1.82) is 0 Å². The molecule has 1 heterocycles. The van der Waals surface area contributed by atoms with Crippen LogP contribution >= 0.6 is 0 Å². The normalized spacial score (nSPS) is 16.7. The van der Waals surface area contributed by atoms with Crippen molar-refractivity contribution in [2.75, 3.05) is 11.6 Å². The highest BCUT2D eigenvalue weighted by atomic mass is 32.2. The minimum atomic E-state index is -3.26. The van der Waals surface area contributed by atoms with Gasteiger partial charge in [-0.25, -0.2) is 8.42 Å². The number of hydrogen-bond acceptors (Lipinski definition) is 4. The van der Waals surface area contributed by atoms with Gasteiger partial charge in [0.05, 0.1) is 23.8 Å². The number of nitrogens with one attached hydrogen (secondary N) is 2. The van der Waals surface area contributed by atoms with Gasteiger partial charge in [-0.3, -0.25) is 9.59 Å². The maximum Gasteiger partial charge on any atom is 0.226 e. The number of rotatable bonds is 4. The van der Waals surface area contributed by atoms with E-state index in [2.05, 4.69) is 10.6 Å². The molecule has 1 unspecified atom stereocenters. The van der Waals surface area contributed by atoms with Crippen LogP contribution in [-0.2, 0) is 25.8 Å².